The number of hydrogen-bond acceptors (Lipinski definition) is 3. The predicted molar refractivity (Wildman–Crippen MR) is 101 cm³/mol. The second-order valence-corrected chi connectivity index (χ2v) is 6.07. The fourth-order valence-electron chi connectivity index (χ4n) is 2.93. The average Bonchev–Trinajstić information content (AvgIpc) is 3.32. The number of amides is 1. The molecule has 2 heterocycles. The van der Waals surface area contributed by atoms with Gasteiger partial charge in [0.05, 0.1) is 11.0 Å². The van der Waals surface area contributed by atoms with Crippen molar-refractivity contribution >= 4 is 22.6 Å². The third-order valence-electron chi connectivity index (χ3n) is 4.23. The zero-order chi connectivity index (χ0) is 17.8. The van der Waals surface area contributed by atoms with Gasteiger partial charge in [-0.25, -0.2) is 4.98 Å². The van der Waals surface area contributed by atoms with Gasteiger partial charge >= 0.3 is 0 Å². The van der Waals surface area contributed by atoms with E-state index in [9.17, 15) is 4.79 Å². The van der Waals surface area contributed by atoms with Crippen molar-refractivity contribution in [2.45, 2.75) is 19.4 Å². The molecule has 0 unspecified atom stereocenters. The van der Waals surface area contributed by atoms with Crippen LogP contribution in [0.4, 0.5) is 5.69 Å². The van der Waals surface area contributed by atoms with Gasteiger partial charge in [0.25, 0.3) is 0 Å². The molecule has 4 aromatic rings. The molecule has 0 saturated carbocycles. The largest absolute Gasteiger partial charge is 0.326 e. The molecule has 130 valence electrons. The molecule has 0 radical (unpaired) electrons. The van der Waals surface area contributed by atoms with Crippen molar-refractivity contribution in [2.75, 3.05) is 5.32 Å². The highest BCUT2D eigenvalue weighted by Crippen LogP contribution is 2.19. The normalized spacial score (nSPS) is 10.9. The summed E-state index contributed by atoms with van der Waals surface area (Å²) in [7, 11) is 0. The summed E-state index contributed by atoms with van der Waals surface area (Å²) < 4.78 is 3.86. The maximum absolute atomic E-state index is 12.1. The highest BCUT2D eigenvalue weighted by molar-refractivity contribution is 5.90. The second kappa shape index (κ2) is 7.23. The highest BCUT2D eigenvalue weighted by Gasteiger charge is 2.06. The van der Waals surface area contributed by atoms with E-state index in [-0.39, 0.29) is 5.91 Å². The first-order valence-corrected chi connectivity index (χ1v) is 8.59. The minimum absolute atomic E-state index is 0.0120. The Morgan fingerprint density at radius 2 is 1.88 bits per heavy atom. The molecular weight excluding hydrogens is 326 g/mol. The second-order valence-electron chi connectivity index (χ2n) is 6.07. The summed E-state index contributed by atoms with van der Waals surface area (Å²) in [6.45, 7) is 0.743. The lowest BCUT2D eigenvalue weighted by molar-refractivity contribution is -0.116. The first-order valence-electron chi connectivity index (χ1n) is 8.59. The van der Waals surface area contributed by atoms with Crippen LogP contribution in [0, 0.1) is 0 Å². The smallest absolute Gasteiger partial charge is 0.224 e. The molecule has 1 N–H and O–H groups in total. The van der Waals surface area contributed by atoms with E-state index in [0.29, 0.717) is 6.42 Å². The summed E-state index contributed by atoms with van der Waals surface area (Å²) in [5.74, 6) is 0.0120. The Balaban J connectivity index is 1.37. The third kappa shape index (κ3) is 3.49. The van der Waals surface area contributed by atoms with Crippen molar-refractivity contribution in [3.05, 3.63) is 73.3 Å². The number of carbonyl (C=O) groups is 1. The Morgan fingerprint density at radius 3 is 2.69 bits per heavy atom. The van der Waals surface area contributed by atoms with Crippen molar-refractivity contribution in [3.8, 4) is 5.69 Å². The zero-order valence-electron chi connectivity index (χ0n) is 14.2. The van der Waals surface area contributed by atoms with E-state index >= 15 is 0 Å². The molecule has 6 heteroatoms. The molecule has 0 aliphatic rings. The summed E-state index contributed by atoms with van der Waals surface area (Å²) in [6.07, 6.45) is 6.68. The number of hydrogen-bond donors (Lipinski definition) is 1. The van der Waals surface area contributed by atoms with Crippen LogP contribution < -0.4 is 5.32 Å². The van der Waals surface area contributed by atoms with Gasteiger partial charge in [-0.05, 0) is 48.9 Å². The minimum Gasteiger partial charge on any atom is -0.326 e. The molecular formula is C20H19N5O. The van der Waals surface area contributed by atoms with Crippen LogP contribution in [0.15, 0.2) is 73.3 Å². The number of nitrogens with zero attached hydrogens (tertiary/aromatic N) is 4. The lowest BCUT2D eigenvalue weighted by Gasteiger charge is -2.08. The molecule has 0 aliphatic carbocycles. The zero-order valence-corrected chi connectivity index (χ0v) is 14.2. The number of carbonyl (C=O) groups excluding carboxylic acids is 1. The fraction of sp³-hybridized carbons (Fsp3) is 0.150. The van der Waals surface area contributed by atoms with Gasteiger partial charge in [0.2, 0.25) is 5.91 Å². The van der Waals surface area contributed by atoms with Crippen LogP contribution >= 0.6 is 0 Å². The first-order chi connectivity index (χ1) is 12.8. The Bertz CT molecular complexity index is 1000. The molecule has 26 heavy (non-hydrogen) atoms. The Kier molecular flexibility index (Phi) is 4.47. The molecule has 2 aromatic heterocycles. The number of aromatic nitrogens is 4. The summed E-state index contributed by atoms with van der Waals surface area (Å²) in [4.78, 5) is 16.5. The van der Waals surface area contributed by atoms with E-state index in [1.54, 1.807) is 6.20 Å². The molecule has 0 bridgehead atoms. The molecule has 0 atom stereocenters. The minimum atomic E-state index is 0.0120. The van der Waals surface area contributed by atoms with E-state index in [0.717, 1.165) is 35.4 Å². The number of nitrogens with one attached hydrogen (secondary N) is 1. The lowest BCUT2D eigenvalue weighted by Crippen LogP contribution is -2.12. The number of imidazole rings is 1. The fourth-order valence-corrected chi connectivity index (χ4v) is 2.93. The van der Waals surface area contributed by atoms with Crippen molar-refractivity contribution in [3.63, 3.8) is 0 Å². The molecule has 4 rings (SSSR count). The van der Waals surface area contributed by atoms with E-state index in [2.05, 4.69) is 15.4 Å². The summed E-state index contributed by atoms with van der Waals surface area (Å²) in [5, 5.41) is 7.07. The summed E-state index contributed by atoms with van der Waals surface area (Å²) in [5.41, 5.74) is 3.82. The van der Waals surface area contributed by atoms with Crippen LogP contribution in [-0.2, 0) is 11.3 Å². The SMILES string of the molecule is O=C(CCCn1cccn1)Nc1ccc(-n2cnc3ccccc32)cc1. The van der Waals surface area contributed by atoms with E-state index in [1.165, 1.54) is 0 Å². The number of anilines is 1. The van der Waals surface area contributed by atoms with Crippen molar-refractivity contribution in [2.24, 2.45) is 0 Å². The molecule has 0 spiro atoms. The third-order valence-corrected chi connectivity index (χ3v) is 4.23. The lowest BCUT2D eigenvalue weighted by atomic mass is 10.2. The molecule has 2 aromatic carbocycles. The van der Waals surface area contributed by atoms with Crippen LogP contribution in [0.1, 0.15) is 12.8 Å². The Labute approximate surface area is 151 Å². The van der Waals surface area contributed by atoms with E-state index < -0.39 is 0 Å². The Morgan fingerprint density at radius 1 is 1.04 bits per heavy atom. The van der Waals surface area contributed by atoms with Gasteiger partial charge in [-0.2, -0.15) is 5.10 Å². The average molecular weight is 345 g/mol. The van der Waals surface area contributed by atoms with E-state index in [1.807, 2.05) is 76.4 Å². The predicted octanol–water partition coefficient (Wildman–Crippen LogP) is 3.64. The molecule has 6 nitrogen and oxygen atoms in total. The number of fused-ring (bicyclic) bond motifs is 1. The monoisotopic (exact) mass is 345 g/mol. The van der Waals surface area contributed by atoms with Crippen LogP contribution in [-0.4, -0.2) is 25.2 Å². The van der Waals surface area contributed by atoms with Gasteiger partial charge in [0.15, 0.2) is 0 Å². The first kappa shape index (κ1) is 16.1. The molecule has 0 aliphatic heterocycles. The number of benzene rings is 2. The maximum atomic E-state index is 12.1. The van der Waals surface area contributed by atoms with Gasteiger partial charge in [0.1, 0.15) is 6.33 Å². The van der Waals surface area contributed by atoms with Gasteiger partial charge in [-0.3, -0.25) is 14.0 Å². The van der Waals surface area contributed by atoms with Crippen LogP contribution in [0.3, 0.4) is 0 Å². The standard InChI is InChI=1S/C20H19N5O/c26-20(7-3-13-24-14-4-12-22-24)23-16-8-10-17(11-9-16)25-15-21-18-5-1-2-6-19(18)25/h1-2,4-6,8-12,14-15H,3,7,13H2,(H,23,26). The van der Waals surface area contributed by atoms with Gasteiger partial charge in [0, 0.05) is 36.7 Å². The van der Waals surface area contributed by atoms with Crippen molar-refractivity contribution < 1.29 is 4.79 Å². The highest BCUT2D eigenvalue weighted by atomic mass is 16.1. The quantitative estimate of drug-likeness (QED) is 0.580. The number of aryl methyl sites for hydroxylation is 1. The molecule has 0 saturated heterocycles. The molecule has 1 amide bonds. The maximum Gasteiger partial charge on any atom is 0.224 e. The van der Waals surface area contributed by atoms with Crippen molar-refractivity contribution in [1.29, 1.82) is 0 Å². The summed E-state index contributed by atoms with van der Waals surface area (Å²) in [6, 6.07) is 17.7. The van der Waals surface area contributed by atoms with E-state index in [4.69, 9.17) is 0 Å². The van der Waals surface area contributed by atoms with Gasteiger partial charge < -0.3 is 5.32 Å². The van der Waals surface area contributed by atoms with Gasteiger partial charge in [-0.15, -0.1) is 0 Å². The number of para-hydroxylation sites is 2. The van der Waals surface area contributed by atoms with Gasteiger partial charge in [-0.1, -0.05) is 12.1 Å². The Hall–Kier alpha value is -3.41. The van der Waals surface area contributed by atoms with Crippen LogP contribution in [0.25, 0.3) is 16.7 Å². The van der Waals surface area contributed by atoms with Crippen molar-refractivity contribution in [1.82, 2.24) is 19.3 Å². The molecule has 0 fully saturated rings. The topological polar surface area (TPSA) is 64.7 Å². The number of rotatable bonds is 6. The van der Waals surface area contributed by atoms with Crippen LogP contribution in [0.2, 0.25) is 0 Å². The van der Waals surface area contributed by atoms with Crippen LogP contribution in [0.5, 0.6) is 0 Å². The summed E-state index contributed by atoms with van der Waals surface area (Å²) >= 11 is 0.